The van der Waals surface area contributed by atoms with Crippen LogP contribution in [0.25, 0.3) is 0 Å². The lowest BCUT2D eigenvalue weighted by Gasteiger charge is -2.18. The monoisotopic (exact) mass is 340 g/mol. The Balaban J connectivity index is 1.89. The molecule has 0 radical (unpaired) electrons. The molecule has 6 heteroatoms. The molecule has 130 valence electrons. The van der Waals surface area contributed by atoms with Gasteiger partial charge in [-0.3, -0.25) is 9.59 Å². The number of fused-ring (bicyclic) bond motifs is 1. The molecule has 1 aromatic carbocycles. The van der Waals surface area contributed by atoms with Crippen LogP contribution in [0.3, 0.4) is 0 Å². The summed E-state index contributed by atoms with van der Waals surface area (Å²) in [5, 5.41) is 0. The Bertz CT molecular complexity index is 648. The second-order valence-electron chi connectivity index (χ2n) is 6.76. The quantitative estimate of drug-likeness (QED) is 0.784. The van der Waals surface area contributed by atoms with E-state index in [1.165, 1.54) is 12.1 Å². The van der Waals surface area contributed by atoms with Crippen molar-refractivity contribution in [2.24, 2.45) is 11.8 Å². The van der Waals surface area contributed by atoms with E-state index in [1.807, 2.05) is 0 Å². The third-order valence-corrected chi connectivity index (χ3v) is 5.07. The van der Waals surface area contributed by atoms with E-state index >= 15 is 0 Å². The Hall–Kier alpha value is -1.85. The van der Waals surface area contributed by atoms with Gasteiger partial charge in [0.1, 0.15) is 11.7 Å². The molecule has 0 heterocycles. The molecule has 0 aromatic heterocycles. The van der Waals surface area contributed by atoms with Crippen LogP contribution in [0.1, 0.15) is 41.9 Å². The van der Waals surface area contributed by atoms with Crippen molar-refractivity contribution < 1.29 is 27.5 Å². The number of benzene rings is 1. The van der Waals surface area contributed by atoms with Gasteiger partial charge in [0.15, 0.2) is 18.2 Å². The molecular weight excluding hydrogens is 321 g/mol. The smallest absolute Gasteiger partial charge is 0.422 e. The molecule has 2 aliphatic rings. The zero-order valence-corrected chi connectivity index (χ0v) is 13.6. The number of rotatable bonds is 3. The first-order chi connectivity index (χ1) is 11.2. The molecule has 2 saturated carbocycles. The molecule has 0 amide bonds. The summed E-state index contributed by atoms with van der Waals surface area (Å²) in [6, 6.07) is 2.95. The number of ether oxygens (including phenoxy) is 1. The normalized spacial score (nSPS) is 26.8. The standard InChI is InChI=1S/C18H19F3O3/c1-9-6-11(24-8-18(19,20)21)7-10(2)14(9)15-16(22)12-4-3-5-13(12)17(15)23/h6-7,12-13,15H,3-5,8H2,1-2H3. The summed E-state index contributed by atoms with van der Waals surface area (Å²) in [6.45, 7) is 2.05. The van der Waals surface area contributed by atoms with Gasteiger partial charge in [-0.2, -0.15) is 13.2 Å². The summed E-state index contributed by atoms with van der Waals surface area (Å²) < 4.78 is 41.6. The van der Waals surface area contributed by atoms with Gasteiger partial charge in [-0.15, -0.1) is 0 Å². The van der Waals surface area contributed by atoms with Gasteiger partial charge in [0.25, 0.3) is 0 Å². The first-order valence-electron chi connectivity index (χ1n) is 8.07. The second kappa shape index (κ2) is 5.90. The first-order valence-corrected chi connectivity index (χ1v) is 8.07. The number of hydrogen-bond acceptors (Lipinski definition) is 3. The number of carbonyl (C=O) groups is 2. The molecule has 0 saturated heterocycles. The SMILES string of the molecule is Cc1cc(OCC(F)(F)F)cc(C)c1C1C(=O)C2CCCC2C1=O. The summed E-state index contributed by atoms with van der Waals surface area (Å²) in [5.41, 5.74) is 1.89. The number of ketones is 2. The maximum absolute atomic E-state index is 12.6. The fourth-order valence-corrected chi connectivity index (χ4v) is 4.13. The fourth-order valence-electron chi connectivity index (χ4n) is 4.13. The number of hydrogen-bond donors (Lipinski definition) is 0. The average molecular weight is 340 g/mol. The van der Waals surface area contributed by atoms with Crippen LogP contribution < -0.4 is 4.74 Å². The number of carbonyl (C=O) groups excluding carboxylic acids is 2. The summed E-state index contributed by atoms with van der Waals surface area (Å²) in [7, 11) is 0. The van der Waals surface area contributed by atoms with Crippen molar-refractivity contribution in [2.75, 3.05) is 6.61 Å². The molecule has 1 aromatic rings. The highest BCUT2D eigenvalue weighted by Gasteiger charge is 2.52. The molecule has 0 spiro atoms. The van der Waals surface area contributed by atoms with Crippen LogP contribution in [-0.4, -0.2) is 24.3 Å². The van der Waals surface area contributed by atoms with Gasteiger partial charge in [-0.1, -0.05) is 6.42 Å². The molecule has 2 fully saturated rings. The van der Waals surface area contributed by atoms with Gasteiger partial charge >= 0.3 is 6.18 Å². The Morgan fingerprint density at radius 1 is 1.04 bits per heavy atom. The molecule has 3 rings (SSSR count). The van der Waals surface area contributed by atoms with Crippen LogP contribution in [0.5, 0.6) is 5.75 Å². The summed E-state index contributed by atoms with van der Waals surface area (Å²) >= 11 is 0. The van der Waals surface area contributed by atoms with Gasteiger partial charge in [-0.05, 0) is 55.5 Å². The van der Waals surface area contributed by atoms with Crippen LogP contribution in [0.15, 0.2) is 12.1 Å². The lowest BCUT2D eigenvalue weighted by Crippen LogP contribution is -2.20. The van der Waals surface area contributed by atoms with E-state index in [-0.39, 0.29) is 29.2 Å². The summed E-state index contributed by atoms with van der Waals surface area (Å²) in [4.78, 5) is 25.3. The minimum absolute atomic E-state index is 0.0299. The van der Waals surface area contributed by atoms with E-state index in [4.69, 9.17) is 4.74 Å². The van der Waals surface area contributed by atoms with E-state index < -0.39 is 18.7 Å². The molecule has 0 bridgehead atoms. The summed E-state index contributed by atoms with van der Waals surface area (Å²) in [6.07, 6.45) is -1.98. The molecule has 0 N–H and O–H groups in total. The molecule has 2 unspecified atom stereocenters. The highest BCUT2D eigenvalue weighted by Crippen LogP contribution is 2.47. The summed E-state index contributed by atoms with van der Waals surface area (Å²) in [5.74, 6) is -1.08. The van der Waals surface area contributed by atoms with E-state index in [0.717, 1.165) is 19.3 Å². The number of halogens is 3. The van der Waals surface area contributed by atoms with Crippen molar-refractivity contribution in [1.29, 1.82) is 0 Å². The lowest BCUT2D eigenvalue weighted by atomic mass is 9.86. The Kier molecular flexibility index (Phi) is 4.18. The van der Waals surface area contributed by atoms with Gasteiger partial charge in [-0.25, -0.2) is 0 Å². The van der Waals surface area contributed by atoms with Crippen molar-refractivity contribution in [3.63, 3.8) is 0 Å². The van der Waals surface area contributed by atoms with Crippen molar-refractivity contribution in [3.05, 3.63) is 28.8 Å². The second-order valence-corrected chi connectivity index (χ2v) is 6.76. The van der Waals surface area contributed by atoms with Crippen molar-refractivity contribution in [2.45, 2.75) is 45.2 Å². The molecular formula is C18H19F3O3. The Morgan fingerprint density at radius 3 is 2.00 bits per heavy atom. The molecule has 3 nitrogen and oxygen atoms in total. The third-order valence-electron chi connectivity index (χ3n) is 5.07. The minimum atomic E-state index is -4.41. The van der Waals surface area contributed by atoms with E-state index in [1.54, 1.807) is 13.8 Å². The van der Waals surface area contributed by atoms with Crippen LogP contribution in [-0.2, 0) is 9.59 Å². The number of alkyl halides is 3. The van der Waals surface area contributed by atoms with Gasteiger partial charge in [0.05, 0.1) is 0 Å². The Morgan fingerprint density at radius 2 is 1.54 bits per heavy atom. The average Bonchev–Trinajstić information content (AvgIpc) is 3.03. The van der Waals surface area contributed by atoms with E-state index in [0.29, 0.717) is 16.7 Å². The predicted molar refractivity (Wildman–Crippen MR) is 81.1 cm³/mol. The van der Waals surface area contributed by atoms with Crippen LogP contribution in [0.4, 0.5) is 13.2 Å². The largest absolute Gasteiger partial charge is 0.484 e. The number of Topliss-reactive ketones (excluding diaryl/α,β-unsaturated/α-hetero) is 2. The van der Waals surface area contributed by atoms with Gasteiger partial charge in [0.2, 0.25) is 0 Å². The zero-order valence-electron chi connectivity index (χ0n) is 13.6. The van der Waals surface area contributed by atoms with Crippen molar-refractivity contribution in [1.82, 2.24) is 0 Å². The van der Waals surface area contributed by atoms with Crippen molar-refractivity contribution in [3.8, 4) is 5.75 Å². The maximum atomic E-state index is 12.6. The van der Waals surface area contributed by atoms with E-state index in [9.17, 15) is 22.8 Å². The van der Waals surface area contributed by atoms with E-state index in [2.05, 4.69) is 0 Å². The fraction of sp³-hybridized carbons (Fsp3) is 0.556. The van der Waals surface area contributed by atoms with Gasteiger partial charge in [0, 0.05) is 11.8 Å². The molecule has 2 atom stereocenters. The maximum Gasteiger partial charge on any atom is 0.422 e. The predicted octanol–water partition coefficient (Wildman–Crippen LogP) is 3.90. The highest BCUT2D eigenvalue weighted by atomic mass is 19.4. The van der Waals surface area contributed by atoms with Crippen LogP contribution in [0.2, 0.25) is 0 Å². The molecule has 0 aliphatic heterocycles. The number of aryl methyl sites for hydroxylation is 2. The molecule has 2 aliphatic carbocycles. The minimum Gasteiger partial charge on any atom is -0.484 e. The highest BCUT2D eigenvalue weighted by molar-refractivity contribution is 6.16. The van der Waals surface area contributed by atoms with Crippen LogP contribution in [0, 0.1) is 25.7 Å². The Labute approximate surface area is 138 Å². The zero-order chi connectivity index (χ0) is 17.6. The third kappa shape index (κ3) is 2.94. The molecule has 24 heavy (non-hydrogen) atoms. The van der Waals surface area contributed by atoms with Crippen LogP contribution >= 0.6 is 0 Å². The topological polar surface area (TPSA) is 43.4 Å². The van der Waals surface area contributed by atoms with Gasteiger partial charge < -0.3 is 4.74 Å². The lowest BCUT2D eigenvalue weighted by molar-refractivity contribution is -0.153. The van der Waals surface area contributed by atoms with Crippen molar-refractivity contribution >= 4 is 11.6 Å². The first kappa shape index (κ1) is 17.0.